The van der Waals surface area contributed by atoms with Gasteiger partial charge in [-0.2, -0.15) is 0 Å². The van der Waals surface area contributed by atoms with Crippen molar-refractivity contribution in [2.75, 3.05) is 18.5 Å². The maximum Gasteiger partial charge on any atom is 0.224 e. The predicted molar refractivity (Wildman–Crippen MR) is 86.7 cm³/mol. The predicted octanol–water partition coefficient (Wildman–Crippen LogP) is 1.75. The molecule has 0 amide bonds. The highest BCUT2D eigenvalue weighted by Gasteiger charge is 2.19. The maximum absolute atomic E-state index is 12.6. The zero-order valence-electron chi connectivity index (χ0n) is 11.4. The molecule has 3 N–H and O–H groups in total. The maximum atomic E-state index is 12.6. The molecule has 0 aromatic carbocycles. The van der Waals surface area contributed by atoms with E-state index in [1.54, 1.807) is 6.07 Å². The van der Waals surface area contributed by atoms with Gasteiger partial charge in [-0.25, -0.2) is 9.97 Å². The van der Waals surface area contributed by atoms with Gasteiger partial charge in [-0.05, 0) is 22.9 Å². The van der Waals surface area contributed by atoms with Crippen LogP contribution in [0.15, 0.2) is 29.0 Å². The average Bonchev–Trinajstić information content (AvgIpc) is 3.21. The molecule has 8 heteroatoms. The van der Waals surface area contributed by atoms with Crippen molar-refractivity contribution in [3.05, 3.63) is 39.5 Å². The first-order valence-electron chi connectivity index (χ1n) is 6.54. The second kappa shape index (κ2) is 6.49. The van der Waals surface area contributed by atoms with Crippen molar-refractivity contribution in [2.24, 2.45) is 0 Å². The molecule has 0 saturated heterocycles. The van der Waals surface area contributed by atoms with Crippen molar-refractivity contribution in [1.29, 1.82) is 0 Å². The number of hydrogen-bond acceptors (Lipinski definition) is 8. The Balaban J connectivity index is 2.04. The lowest BCUT2D eigenvalue weighted by Gasteiger charge is -2.13. The van der Waals surface area contributed by atoms with Gasteiger partial charge in [0.15, 0.2) is 0 Å². The normalized spacial score (nSPS) is 11.2. The van der Waals surface area contributed by atoms with Gasteiger partial charge >= 0.3 is 0 Å². The first kappa shape index (κ1) is 15.0. The molecule has 0 aliphatic carbocycles. The van der Waals surface area contributed by atoms with Gasteiger partial charge in [-0.3, -0.25) is 4.79 Å². The number of carbonyl (C=O) groups is 1. The molecule has 0 aliphatic heterocycles. The molecule has 3 aromatic rings. The van der Waals surface area contributed by atoms with Crippen LogP contribution in [0.1, 0.15) is 15.4 Å². The van der Waals surface area contributed by atoms with Crippen LogP contribution in [-0.4, -0.2) is 45.2 Å². The van der Waals surface area contributed by atoms with E-state index in [1.165, 1.54) is 22.7 Å². The van der Waals surface area contributed by atoms with Crippen molar-refractivity contribution in [1.82, 2.24) is 9.97 Å². The van der Waals surface area contributed by atoms with E-state index in [9.17, 15) is 4.79 Å². The van der Waals surface area contributed by atoms with Gasteiger partial charge in [-0.15, -0.1) is 22.7 Å². The Morgan fingerprint density at radius 3 is 2.68 bits per heavy atom. The lowest BCUT2D eigenvalue weighted by Crippen LogP contribution is -2.29. The van der Waals surface area contributed by atoms with Gasteiger partial charge in [0.05, 0.1) is 34.3 Å². The average molecular weight is 335 g/mol. The molecule has 0 aliphatic rings. The molecule has 6 nitrogen and oxygen atoms in total. The molecule has 0 bridgehead atoms. The summed E-state index contributed by atoms with van der Waals surface area (Å²) >= 11 is 2.77. The van der Waals surface area contributed by atoms with Crippen LogP contribution in [0.2, 0.25) is 0 Å². The highest BCUT2D eigenvalue weighted by atomic mass is 32.1. The van der Waals surface area contributed by atoms with Crippen LogP contribution in [0.5, 0.6) is 0 Å². The van der Waals surface area contributed by atoms with Gasteiger partial charge in [0.2, 0.25) is 11.7 Å². The van der Waals surface area contributed by atoms with Crippen molar-refractivity contribution in [2.45, 2.75) is 6.04 Å². The number of fused-ring (bicyclic) bond motifs is 1. The molecule has 0 fully saturated rings. The number of thiophene rings is 2. The Kier molecular flexibility index (Phi) is 4.44. The Hall–Kier alpha value is -1.87. The number of hydrogen-bond donors (Lipinski definition) is 3. The third-order valence-electron chi connectivity index (χ3n) is 3.04. The van der Waals surface area contributed by atoms with E-state index in [0.29, 0.717) is 16.1 Å². The van der Waals surface area contributed by atoms with Gasteiger partial charge in [0.1, 0.15) is 5.69 Å². The lowest BCUT2D eigenvalue weighted by atomic mass is 10.2. The number of aliphatic hydroxyl groups excluding tert-OH is 2. The fourth-order valence-electron chi connectivity index (χ4n) is 1.94. The lowest BCUT2D eigenvalue weighted by molar-refractivity contribution is 0.103. The minimum Gasteiger partial charge on any atom is -0.394 e. The van der Waals surface area contributed by atoms with E-state index in [0.717, 1.165) is 4.70 Å². The van der Waals surface area contributed by atoms with Crippen LogP contribution in [0.25, 0.3) is 10.2 Å². The molecule has 0 spiro atoms. The Morgan fingerprint density at radius 2 is 2.00 bits per heavy atom. The number of aliphatic hydroxyl groups is 2. The van der Waals surface area contributed by atoms with Crippen molar-refractivity contribution in [3.8, 4) is 0 Å². The van der Waals surface area contributed by atoms with Crippen LogP contribution in [0.4, 0.5) is 5.95 Å². The van der Waals surface area contributed by atoms with Crippen LogP contribution >= 0.6 is 22.7 Å². The van der Waals surface area contributed by atoms with E-state index in [2.05, 4.69) is 15.3 Å². The second-order valence-electron chi connectivity index (χ2n) is 4.54. The number of rotatable bonds is 6. The quantitative estimate of drug-likeness (QED) is 0.594. The van der Waals surface area contributed by atoms with Gasteiger partial charge in [-0.1, -0.05) is 6.07 Å². The Bertz CT molecular complexity index is 782. The third kappa shape index (κ3) is 2.86. The summed E-state index contributed by atoms with van der Waals surface area (Å²) in [6.07, 6.45) is 0. The third-order valence-corrected chi connectivity index (χ3v) is 4.82. The SMILES string of the molecule is O=C(c1cccs1)c1nc(NC(CO)CO)nc2ccsc12. The van der Waals surface area contributed by atoms with Gasteiger partial charge in [0.25, 0.3) is 0 Å². The molecule has 22 heavy (non-hydrogen) atoms. The molecule has 0 unspecified atom stereocenters. The molecule has 114 valence electrons. The number of carbonyl (C=O) groups excluding carboxylic acids is 1. The van der Waals surface area contributed by atoms with Crippen molar-refractivity contribution < 1.29 is 15.0 Å². The summed E-state index contributed by atoms with van der Waals surface area (Å²) in [4.78, 5) is 21.8. The molecule has 0 atom stereocenters. The molecule has 0 saturated carbocycles. The number of aromatic nitrogens is 2. The summed E-state index contributed by atoms with van der Waals surface area (Å²) in [5.41, 5.74) is 0.997. The van der Waals surface area contributed by atoms with Crippen molar-refractivity contribution in [3.63, 3.8) is 0 Å². The van der Waals surface area contributed by atoms with Crippen molar-refractivity contribution >= 4 is 44.6 Å². The minimum absolute atomic E-state index is 0.155. The second-order valence-corrected chi connectivity index (χ2v) is 6.41. The fraction of sp³-hybridized carbons (Fsp3) is 0.214. The number of anilines is 1. The zero-order chi connectivity index (χ0) is 15.5. The van der Waals surface area contributed by atoms with E-state index in [-0.39, 0.29) is 24.9 Å². The summed E-state index contributed by atoms with van der Waals surface area (Å²) in [5, 5.41) is 24.8. The summed E-state index contributed by atoms with van der Waals surface area (Å²) in [6, 6.07) is 4.81. The van der Waals surface area contributed by atoms with E-state index < -0.39 is 6.04 Å². The summed E-state index contributed by atoms with van der Waals surface area (Å²) in [7, 11) is 0. The topological polar surface area (TPSA) is 95.3 Å². The fourth-order valence-corrected chi connectivity index (χ4v) is 3.42. The van der Waals surface area contributed by atoms with Crippen LogP contribution < -0.4 is 5.32 Å². The summed E-state index contributed by atoms with van der Waals surface area (Å²) in [5.74, 6) is 0.0661. The summed E-state index contributed by atoms with van der Waals surface area (Å²) < 4.78 is 0.730. The first-order chi connectivity index (χ1) is 10.7. The molecular formula is C14H13N3O3S2. The van der Waals surface area contributed by atoms with Crippen LogP contribution in [-0.2, 0) is 0 Å². The van der Waals surface area contributed by atoms with E-state index >= 15 is 0 Å². The molecule has 0 radical (unpaired) electrons. The van der Waals surface area contributed by atoms with Crippen LogP contribution in [0.3, 0.4) is 0 Å². The number of nitrogens with zero attached hydrogens (tertiary/aromatic N) is 2. The Morgan fingerprint density at radius 1 is 1.18 bits per heavy atom. The highest BCUT2D eigenvalue weighted by molar-refractivity contribution is 7.17. The first-order valence-corrected chi connectivity index (χ1v) is 8.30. The number of ketones is 1. The zero-order valence-corrected chi connectivity index (χ0v) is 13.0. The van der Waals surface area contributed by atoms with E-state index in [4.69, 9.17) is 10.2 Å². The molecule has 3 heterocycles. The highest BCUT2D eigenvalue weighted by Crippen LogP contribution is 2.26. The molecular weight excluding hydrogens is 322 g/mol. The number of nitrogens with one attached hydrogen (secondary N) is 1. The van der Waals surface area contributed by atoms with Gasteiger partial charge in [0, 0.05) is 0 Å². The molecule has 3 rings (SSSR count). The monoisotopic (exact) mass is 335 g/mol. The van der Waals surface area contributed by atoms with E-state index in [1.807, 2.05) is 22.9 Å². The Labute approximate surface area is 134 Å². The van der Waals surface area contributed by atoms with Gasteiger partial charge < -0.3 is 15.5 Å². The smallest absolute Gasteiger partial charge is 0.224 e. The van der Waals surface area contributed by atoms with Crippen LogP contribution in [0, 0.1) is 0 Å². The minimum atomic E-state index is -0.569. The summed E-state index contributed by atoms with van der Waals surface area (Å²) in [6.45, 7) is -0.508. The largest absolute Gasteiger partial charge is 0.394 e. The molecule has 3 aromatic heterocycles. The standard InChI is InChI=1S/C14H13N3O3S2/c18-6-8(7-19)15-14-16-9-3-5-22-13(9)11(17-14)12(20)10-2-1-4-21-10/h1-5,8,18-19H,6-7H2,(H,15,16,17).